The Morgan fingerprint density at radius 2 is 1.80 bits per heavy atom. The van der Waals surface area contributed by atoms with Gasteiger partial charge in [0, 0.05) is 25.6 Å². The highest BCUT2D eigenvalue weighted by molar-refractivity contribution is 6.74. The summed E-state index contributed by atoms with van der Waals surface area (Å²) in [6, 6.07) is 10.2. The number of rotatable bonds is 13. The summed E-state index contributed by atoms with van der Waals surface area (Å²) in [5, 5.41) is 11.8. The summed E-state index contributed by atoms with van der Waals surface area (Å²) in [5.41, 5.74) is 0.339. The van der Waals surface area contributed by atoms with Crippen LogP contribution in [-0.2, 0) is 34.7 Å². The van der Waals surface area contributed by atoms with E-state index in [0.717, 1.165) is 5.56 Å². The van der Waals surface area contributed by atoms with Crippen molar-refractivity contribution in [3.8, 4) is 0 Å². The second kappa shape index (κ2) is 12.2. The smallest absolute Gasteiger partial charge is 0.192 e. The first-order valence-corrected chi connectivity index (χ1v) is 17.7. The van der Waals surface area contributed by atoms with E-state index in [-0.39, 0.29) is 47.5 Å². The molecule has 0 spiro atoms. The van der Waals surface area contributed by atoms with E-state index >= 15 is 0 Å². The summed E-state index contributed by atoms with van der Waals surface area (Å²) in [6.45, 7) is 21.7. The number of aliphatic hydroxyl groups is 1. The van der Waals surface area contributed by atoms with Gasteiger partial charge in [0.25, 0.3) is 0 Å². The molecule has 0 aromatic heterocycles. The summed E-state index contributed by atoms with van der Waals surface area (Å²) in [4.78, 5) is 0. The Morgan fingerprint density at radius 3 is 2.42 bits per heavy atom. The summed E-state index contributed by atoms with van der Waals surface area (Å²) in [7, 11) is -0.410. The lowest BCUT2D eigenvalue weighted by molar-refractivity contribution is -0.256. The highest BCUT2D eigenvalue weighted by atomic mass is 28.4. The maximum atomic E-state index is 11.7. The van der Waals surface area contributed by atoms with Gasteiger partial charge in [-0.05, 0) is 61.7 Å². The van der Waals surface area contributed by atoms with E-state index in [1.807, 2.05) is 38.1 Å². The van der Waals surface area contributed by atoms with E-state index in [1.165, 1.54) is 0 Å². The molecule has 8 heteroatoms. The molecular formula is C32H52O7Si. The summed E-state index contributed by atoms with van der Waals surface area (Å²) in [5.74, 6) is -1.05. The number of hydrogen-bond acceptors (Lipinski definition) is 7. The molecule has 0 unspecified atom stereocenters. The summed E-state index contributed by atoms with van der Waals surface area (Å²) < 4.78 is 38.0. The molecule has 2 bridgehead atoms. The van der Waals surface area contributed by atoms with Crippen LogP contribution in [0, 0.1) is 29.6 Å². The fraction of sp³-hybridized carbons (Fsp3) is 0.750. The lowest BCUT2D eigenvalue weighted by Crippen LogP contribution is -2.72. The third kappa shape index (κ3) is 6.15. The van der Waals surface area contributed by atoms with Crippen molar-refractivity contribution in [3.05, 3.63) is 48.6 Å². The van der Waals surface area contributed by atoms with Crippen molar-refractivity contribution in [3.63, 3.8) is 0 Å². The van der Waals surface area contributed by atoms with Gasteiger partial charge in [0.1, 0.15) is 12.4 Å². The molecule has 1 aromatic rings. The molecule has 7 nitrogen and oxygen atoms in total. The van der Waals surface area contributed by atoms with Crippen LogP contribution < -0.4 is 0 Å². The largest absolute Gasteiger partial charge is 0.416 e. The van der Waals surface area contributed by atoms with Gasteiger partial charge >= 0.3 is 0 Å². The van der Waals surface area contributed by atoms with Crippen molar-refractivity contribution in [1.29, 1.82) is 0 Å². The van der Waals surface area contributed by atoms with Crippen molar-refractivity contribution in [2.45, 2.75) is 89.4 Å². The molecule has 40 heavy (non-hydrogen) atoms. The fourth-order valence-electron chi connectivity index (χ4n) is 7.10. The molecule has 0 radical (unpaired) electrons. The molecule has 1 N–H and O–H groups in total. The number of aliphatic hydroxyl groups excluding tert-OH is 1. The molecule has 226 valence electrons. The predicted octanol–water partition coefficient (Wildman–Crippen LogP) is 5.78. The molecular weight excluding hydrogens is 524 g/mol. The van der Waals surface area contributed by atoms with E-state index in [9.17, 15) is 5.11 Å². The molecule has 4 fully saturated rings. The van der Waals surface area contributed by atoms with E-state index in [2.05, 4.69) is 52.6 Å². The van der Waals surface area contributed by atoms with E-state index in [0.29, 0.717) is 32.8 Å². The van der Waals surface area contributed by atoms with Crippen LogP contribution in [0.1, 0.15) is 46.6 Å². The van der Waals surface area contributed by atoms with Gasteiger partial charge in [-0.1, -0.05) is 57.2 Å². The molecule has 4 aliphatic rings. The number of ether oxygens (including phenoxy) is 5. The Bertz CT molecular complexity index is 977. The molecule has 5 rings (SSSR count). The maximum Gasteiger partial charge on any atom is 0.192 e. The average Bonchev–Trinajstić information content (AvgIpc) is 3.18. The number of fused-ring (bicyclic) bond motifs is 2. The Morgan fingerprint density at radius 1 is 1.12 bits per heavy atom. The van der Waals surface area contributed by atoms with Crippen molar-refractivity contribution in [2.24, 2.45) is 29.6 Å². The minimum Gasteiger partial charge on any atom is -0.416 e. The lowest BCUT2D eigenvalue weighted by Gasteiger charge is -2.62. The minimum atomic E-state index is -2.04. The second-order valence-electron chi connectivity index (χ2n) is 13.9. The molecule has 8 atom stereocenters. The molecule has 1 saturated heterocycles. The monoisotopic (exact) mass is 576 g/mol. The fourth-order valence-corrected chi connectivity index (χ4v) is 8.13. The van der Waals surface area contributed by atoms with Gasteiger partial charge < -0.3 is 33.2 Å². The maximum absolute atomic E-state index is 11.7. The zero-order valence-electron chi connectivity index (χ0n) is 25.9. The first kappa shape index (κ1) is 31.8. The van der Waals surface area contributed by atoms with Crippen LogP contribution in [0.3, 0.4) is 0 Å². The van der Waals surface area contributed by atoms with Crippen molar-refractivity contribution in [2.75, 3.05) is 33.7 Å². The lowest BCUT2D eigenvalue weighted by atomic mass is 9.48. The van der Waals surface area contributed by atoms with Gasteiger partial charge in [0.05, 0.1) is 32.0 Å². The van der Waals surface area contributed by atoms with Crippen LogP contribution in [0.5, 0.6) is 0 Å². The summed E-state index contributed by atoms with van der Waals surface area (Å²) in [6.07, 6.45) is 1.83. The number of benzene rings is 1. The third-order valence-corrected chi connectivity index (χ3v) is 14.4. The van der Waals surface area contributed by atoms with E-state index in [4.69, 9.17) is 28.1 Å². The zero-order valence-corrected chi connectivity index (χ0v) is 26.9. The van der Waals surface area contributed by atoms with Crippen LogP contribution in [-0.4, -0.2) is 70.7 Å². The van der Waals surface area contributed by atoms with Gasteiger partial charge in [-0.15, -0.1) is 6.58 Å². The molecule has 0 amide bonds. The highest BCUT2D eigenvalue weighted by Gasteiger charge is 2.73. The number of hydrogen-bond donors (Lipinski definition) is 1. The van der Waals surface area contributed by atoms with Gasteiger partial charge in [0.15, 0.2) is 14.1 Å². The molecule has 1 aliphatic heterocycles. The van der Waals surface area contributed by atoms with Gasteiger partial charge in [0.2, 0.25) is 0 Å². The zero-order chi connectivity index (χ0) is 29.3. The second-order valence-corrected chi connectivity index (χ2v) is 18.7. The molecule has 3 saturated carbocycles. The first-order chi connectivity index (χ1) is 18.8. The van der Waals surface area contributed by atoms with Crippen LogP contribution in [0.2, 0.25) is 18.1 Å². The molecule has 1 aromatic carbocycles. The first-order valence-electron chi connectivity index (χ1n) is 14.8. The van der Waals surface area contributed by atoms with Gasteiger partial charge in [-0.2, -0.15) is 0 Å². The van der Waals surface area contributed by atoms with Gasteiger partial charge in [-0.25, -0.2) is 0 Å². The molecule has 3 aliphatic carbocycles. The number of methoxy groups -OCH3 is 1. The highest BCUT2D eigenvalue weighted by Crippen LogP contribution is 2.63. The van der Waals surface area contributed by atoms with E-state index in [1.54, 1.807) is 7.11 Å². The average molecular weight is 577 g/mol. The summed E-state index contributed by atoms with van der Waals surface area (Å²) >= 11 is 0. The molecule has 1 heterocycles. The Labute approximate surface area is 242 Å². The van der Waals surface area contributed by atoms with E-state index < -0.39 is 25.8 Å². The van der Waals surface area contributed by atoms with Crippen LogP contribution >= 0.6 is 0 Å². The minimum absolute atomic E-state index is 0.00149. The SMILES string of the molecule is C=C[C@@H](CO[Si](C)(C)C(C)(C)C)[C@@]12OC(C)(C)O[C@@H]1[C@H]1C[C@@H](O)[C@@H]2[C@H](COCc2ccccc2)[C@H]1COCOC. The van der Waals surface area contributed by atoms with Crippen LogP contribution in [0.15, 0.2) is 43.0 Å². The Balaban J connectivity index is 1.68. The van der Waals surface area contributed by atoms with Crippen molar-refractivity contribution >= 4 is 8.32 Å². The van der Waals surface area contributed by atoms with Crippen LogP contribution in [0.25, 0.3) is 0 Å². The quantitative estimate of drug-likeness (QED) is 0.138. The normalized spacial score (nSPS) is 34.0. The van der Waals surface area contributed by atoms with Crippen molar-refractivity contribution in [1.82, 2.24) is 0 Å². The topological polar surface area (TPSA) is 75.6 Å². The van der Waals surface area contributed by atoms with Gasteiger partial charge in [-0.3, -0.25) is 0 Å². The predicted molar refractivity (Wildman–Crippen MR) is 158 cm³/mol. The Hall–Kier alpha value is -1.10. The van der Waals surface area contributed by atoms with Crippen LogP contribution in [0.4, 0.5) is 0 Å². The standard InChI is InChI=1S/C32H52O7Si/c1-10-23(18-37-40(8,9)30(2,3)4)32-28-26(20-35-17-22-14-12-11-13-15-22)25(19-36-21-34-7)24(16-27(28)33)29(32)38-31(5,6)39-32/h10-15,23-29,33H,1,16-21H2,2-9H3/t23-,24-,25-,26+,27+,28-,29+,32-/m0/s1. The van der Waals surface area contributed by atoms with Crippen molar-refractivity contribution < 1.29 is 33.2 Å². The Kier molecular flexibility index (Phi) is 9.75. The third-order valence-electron chi connectivity index (χ3n) is 9.90.